The van der Waals surface area contributed by atoms with Gasteiger partial charge in [0, 0.05) is 0 Å². The van der Waals surface area contributed by atoms with Gasteiger partial charge in [-0.05, 0) is 5.21 Å². The molecule has 0 radical (unpaired) electrons. The lowest BCUT2D eigenvalue weighted by Crippen LogP contribution is -1.96. The second-order valence-electron chi connectivity index (χ2n) is 1.69. The Morgan fingerprint density at radius 2 is 2.10 bits per heavy atom. The molecule has 0 saturated heterocycles. The summed E-state index contributed by atoms with van der Waals surface area (Å²) >= 11 is 0. The van der Waals surface area contributed by atoms with Gasteiger partial charge < -0.3 is 5.73 Å². The second kappa shape index (κ2) is 1.59. The lowest BCUT2D eigenvalue weighted by molar-refractivity contribution is 0.889. The van der Waals surface area contributed by atoms with E-state index in [0.717, 1.165) is 0 Å². The van der Waals surface area contributed by atoms with E-state index in [1.54, 1.807) is 0 Å². The number of hydrogen-bond acceptors (Lipinski definition) is 6. The molecular weight excluding hydrogens is 134 g/mol. The Morgan fingerprint density at radius 1 is 1.20 bits per heavy atom. The summed E-state index contributed by atoms with van der Waals surface area (Å²) in [5.74, 6) is 0.259. The van der Waals surface area contributed by atoms with Gasteiger partial charge in [0.15, 0.2) is 11.3 Å². The minimum Gasteiger partial charge on any atom is -0.380 e. The van der Waals surface area contributed by atoms with Gasteiger partial charge in [-0.2, -0.15) is 0 Å². The van der Waals surface area contributed by atoms with Crippen molar-refractivity contribution in [2.75, 3.05) is 5.73 Å². The fraction of sp³-hybridized carbons (Fsp3) is 0. The quantitative estimate of drug-likeness (QED) is 0.468. The third kappa shape index (κ3) is 0.508. The van der Waals surface area contributed by atoms with Gasteiger partial charge in [-0.15, -0.1) is 15.3 Å². The van der Waals surface area contributed by atoms with Crippen molar-refractivity contribution in [3.8, 4) is 0 Å². The van der Waals surface area contributed by atoms with E-state index in [2.05, 4.69) is 30.8 Å². The molecule has 3 N–H and O–H groups in total. The van der Waals surface area contributed by atoms with E-state index < -0.39 is 0 Å². The first-order chi connectivity index (χ1) is 4.88. The largest absolute Gasteiger partial charge is 0.380 e. The second-order valence-corrected chi connectivity index (χ2v) is 1.69. The first kappa shape index (κ1) is 5.03. The summed E-state index contributed by atoms with van der Waals surface area (Å²) in [6.07, 6.45) is 0. The highest BCUT2D eigenvalue weighted by atomic mass is 15.4. The number of aromatic nitrogens is 6. The van der Waals surface area contributed by atoms with Crippen molar-refractivity contribution in [3.63, 3.8) is 0 Å². The molecule has 2 rings (SSSR count). The molecule has 0 aliphatic heterocycles. The Hall–Kier alpha value is -1.79. The summed E-state index contributed by atoms with van der Waals surface area (Å²) in [5.41, 5.74) is 6.28. The number of nitrogens with one attached hydrogen (secondary N) is 1. The van der Waals surface area contributed by atoms with Gasteiger partial charge in [-0.3, -0.25) is 5.10 Å². The van der Waals surface area contributed by atoms with Crippen molar-refractivity contribution in [2.24, 2.45) is 0 Å². The van der Waals surface area contributed by atoms with Crippen molar-refractivity contribution in [3.05, 3.63) is 0 Å². The average molecular weight is 137 g/mol. The summed E-state index contributed by atoms with van der Waals surface area (Å²) in [6.45, 7) is 0. The molecular formula is C3H3N7. The van der Waals surface area contributed by atoms with Gasteiger partial charge in [0.05, 0.1) is 0 Å². The number of nitrogens with zero attached hydrogens (tertiary/aromatic N) is 5. The molecule has 0 saturated carbocycles. The lowest BCUT2D eigenvalue weighted by Gasteiger charge is -1.85. The normalized spacial score (nSPS) is 10.4. The van der Waals surface area contributed by atoms with Crippen LogP contribution in [0.4, 0.5) is 5.82 Å². The minimum atomic E-state index is 0.259. The fourth-order valence-corrected chi connectivity index (χ4v) is 0.627. The average Bonchev–Trinajstić information content (AvgIpc) is 2.36. The Bertz CT molecular complexity index is 350. The van der Waals surface area contributed by atoms with E-state index >= 15 is 0 Å². The molecule has 0 unspecified atom stereocenters. The minimum absolute atomic E-state index is 0.259. The third-order valence-corrected chi connectivity index (χ3v) is 1.08. The highest BCUT2D eigenvalue weighted by Crippen LogP contribution is 2.06. The van der Waals surface area contributed by atoms with Crippen LogP contribution in [0.25, 0.3) is 11.2 Å². The lowest BCUT2D eigenvalue weighted by atomic mass is 10.5. The zero-order valence-electron chi connectivity index (χ0n) is 4.81. The molecule has 2 aromatic rings. The van der Waals surface area contributed by atoms with Crippen LogP contribution in [0.3, 0.4) is 0 Å². The first-order valence-corrected chi connectivity index (χ1v) is 2.53. The number of hydrogen-bond donors (Lipinski definition) is 2. The van der Waals surface area contributed by atoms with Crippen LogP contribution in [0.1, 0.15) is 0 Å². The predicted octanol–water partition coefficient (Wildman–Crippen LogP) is -1.27. The molecule has 0 spiro atoms. The number of nitrogen functional groups attached to an aromatic ring is 1. The molecule has 0 fully saturated rings. The molecule has 0 amide bonds. The fourth-order valence-electron chi connectivity index (χ4n) is 0.627. The molecule has 7 heteroatoms. The van der Waals surface area contributed by atoms with Crippen molar-refractivity contribution in [1.82, 2.24) is 30.8 Å². The Balaban J connectivity index is 2.95. The molecule has 2 heterocycles. The van der Waals surface area contributed by atoms with Gasteiger partial charge in [0.2, 0.25) is 5.65 Å². The van der Waals surface area contributed by atoms with Crippen LogP contribution in [-0.4, -0.2) is 30.8 Å². The highest BCUT2D eigenvalue weighted by Gasteiger charge is 2.02. The van der Waals surface area contributed by atoms with Crippen molar-refractivity contribution < 1.29 is 0 Å². The maximum Gasteiger partial charge on any atom is 0.228 e. The number of fused-ring (bicyclic) bond motifs is 1. The predicted molar refractivity (Wildman–Crippen MR) is 31.7 cm³/mol. The van der Waals surface area contributed by atoms with Crippen LogP contribution in [0.2, 0.25) is 0 Å². The van der Waals surface area contributed by atoms with Crippen molar-refractivity contribution in [2.45, 2.75) is 0 Å². The van der Waals surface area contributed by atoms with Crippen LogP contribution in [0.15, 0.2) is 0 Å². The van der Waals surface area contributed by atoms with E-state index in [4.69, 9.17) is 5.73 Å². The SMILES string of the molecule is Nc1nnnc2nn[nH]c12. The molecule has 0 aliphatic rings. The monoisotopic (exact) mass is 137 g/mol. The Morgan fingerprint density at radius 3 is 2.90 bits per heavy atom. The van der Waals surface area contributed by atoms with Crippen molar-refractivity contribution in [1.29, 1.82) is 0 Å². The van der Waals surface area contributed by atoms with Crippen LogP contribution in [0.5, 0.6) is 0 Å². The number of aromatic amines is 1. The summed E-state index contributed by atoms with van der Waals surface area (Å²) in [7, 11) is 0. The van der Waals surface area contributed by atoms with Gasteiger partial charge in [0.1, 0.15) is 0 Å². The van der Waals surface area contributed by atoms with E-state index in [9.17, 15) is 0 Å². The number of rotatable bonds is 0. The molecule has 0 bridgehead atoms. The number of H-pyrrole nitrogens is 1. The van der Waals surface area contributed by atoms with Crippen LogP contribution >= 0.6 is 0 Å². The number of anilines is 1. The zero-order chi connectivity index (χ0) is 6.97. The Kier molecular flexibility index (Phi) is 0.802. The molecule has 0 aliphatic carbocycles. The third-order valence-electron chi connectivity index (χ3n) is 1.08. The van der Waals surface area contributed by atoms with Crippen molar-refractivity contribution >= 4 is 17.0 Å². The van der Waals surface area contributed by atoms with Gasteiger partial charge in [-0.25, -0.2) is 0 Å². The van der Waals surface area contributed by atoms with Gasteiger partial charge in [0.25, 0.3) is 0 Å². The summed E-state index contributed by atoms with van der Waals surface area (Å²) in [5, 5.41) is 20.0. The van der Waals surface area contributed by atoms with E-state index in [1.165, 1.54) is 0 Å². The molecule has 50 valence electrons. The first-order valence-electron chi connectivity index (χ1n) is 2.53. The maximum absolute atomic E-state index is 5.38. The van der Waals surface area contributed by atoms with Crippen LogP contribution < -0.4 is 5.73 Å². The summed E-state index contributed by atoms with van der Waals surface area (Å²) in [6, 6.07) is 0. The van der Waals surface area contributed by atoms with Crippen LogP contribution in [-0.2, 0) is 0 Å². The Labute approximate surface area is 54.6 Å². The van der Waals surface area contributed by atoms with E-state index in [1.807, 2.05) is 0 Å². The van der Waals surface area contributed by atoms with Gasteiger partial charge >= 0.3 is 0 Å². The highest BCUT2D eigenvalue weighted by molar-refractivity contribution is 5.78. The van der Waals surface area contributed by atoms with Gasteiger partial charge in [-0.1, -0.05) is 5.21 Å². The van der Waals surface area contributed by atoms with E-state index in [-0.39, 0.29) is 5.82 Å². The topological polar surface area (TPSA) is 106 Å². The standard InChI is InChI=1S/C3H3N7/c4-2-1-3(7-9-5-1)8-10-6-2/h(H3,4,5,6,7,8,9). The molecule has 10 heavy (non-hydrogen) atoms. The number of nitrogens with two attached hydrogens (primary N) is 1. The molecule has 0 atom stereocenters. The zero-order valence-corrected chi connectivity index (χ0v) is 4.81. The molecule has 7 nitrogen and oxygen atoms in total. The molecule has 0 aromatic carbocycles. The maximum atomic E-state index is 5.38. The smallest absolute Gasteiger partial charge is 0.228 e. The summed E-state index contributed by atoms with van der Waals surface area (Å²) < 4.78 is 0. The van der Waals surface area contributed by atoms with E-state index in [0.29, 0.717) is 11.2 Å². The molecule has 2 aromatic heterocycles. The summed E-state index contributed by atoms with van der Waals surface area (Å²) in [4.78, 5) is 0. The van der Waals surface area contributed by atoms with Crippen LogP contribution in [0, 0.1) is 0 Å².